The van der Waals surface area contributed by atoms with Crippen molar-refractivity contribution in [2.75, 3.05) is 11.9 Å². The summed E-state index contributed by atoms with van der Waals surface area (Å²) in [5.74, 6) is -0.746. The van der Waals surface area contributed by atoms with E-state index < -0.39 is 24.4 Å². The van der Waals surface area contributed by atoms with Gasteiger partial charge in [0.05, 0.1) is 32.3 Å². The van der Waals surface area contributed by atoms with Crippen molar-refractivity contribution in [1.29, 1.82) is 0 Å². The van der Waals surface area contributed by atoms with Gasteiger partial charge in [0.2, 0.25) is 11.9 Å². The van der Waals surface area contributed by atoms with E-state index >= 15 is 0 Å². The molecule has 0 aliphatic heterocycles. The van der Waals surface area contributed by atoms with Crippen LogP contribution in [0.15, 0.2) is 24.3 Å². The first-order chi connectivity index (χ1) is 18.2. The molecule has 0 atom stereocenters. The minimum absolute atomic E-state index is 0.0737. The summed E-state index contributed by atoms with van der Waals surface area (Å²) in [6.45, 7) is 9.07. The third-order valence-corrected chi connectivity index (χ3v) is 6.39. The van der Waals surface area contributed by atoms with Crippen LogP contribution in [0.25, 0.3) is 11.0 Å². The fourth-order valence-corrected chi connectivity index (χ4v) is 3.73. The molecule has 0 saturated heterocycles. The highest BCUT2D eigenvalue weighted by atomic mass is 35.5. The van der Waals surface area contributed by atoms with Gasteiger partial charge in [-0.3, -0.25) is 9.59 Å². The Hall–Kier alpha value is -3.11. The zero-order valence-corrected chi connectivity index (χ0v) is 24.4. The lowest BCUT2D eigenvalue weighted by molar-refractivity contribution is -0.128. The van der Waals surface area contributed by atoms with E-state index in [1.807, 2.05) is 0 Å². The normalized spacial score (nSPS) is 11.3. The number of nitrogens with one attached hydrogen (secondary N) is 2. The van der Waals surface area contributed by atoms with E-state index in [0.717, 1.165) is 0 Å². The van der Waals surface area contributed by atoms with Crippen molar-refractivity contribution < 1.29 is 23.1 Å². The zero-order valence-electron chi connectivity index (χ0n) is 22.9. The molecule has 0 fully saturated rings. The first-order valence-corrected chi connectivity index (χ1v) is 13.2. The number of carbonyl (C=O) groups is 2. The number of rotatable bonds is 9. The Morgan fingerprint density at radius 1 is 1.15 bits per heavy atom. The molecular weight excluding hydrogens is 551 g/mol. The van der Waals surface area contributed by atoms with Gasteiger partial charge in [0.15, 0.2) is 0 Å². The van der Waals surface area contributed by atoms with Gasteiger partial charge in [0.25, 0.3) is 12.3 Å². The van der Waals surface area contributed by atoms with E-state index in [0.29, 0.717) is 33.3 Å². The number of nitrogens with two attached hydrogens (primary N) is 1. The van der Waals surface area contributed by atoms with Crippen LogP contribution in [0.5, 0.6) is 5.75 Å². The minimum Gasteiger partial charge on any atom is -0.487 e. The molecule has 4 N–H and O–H groups in total. The highest BCUT2D eigenvalue weighted by Crippen LogP contribution is 2.36. The Labute approximate surface area is 237 Å². The number of hydrogen-bond acceptors (Lipinski definition) is 5. The molecule has 0 radical (unpaired) electrons. The van der Waals surface area contributed by atoms with Crippen molar-refractivity contribution in [2.45, 2.75) is 60.4 Å². The molecule has 0 aliphatic rings. The van der Waals surface area contributed by atoms with Crippen LogP contribution in [0.1, 0.15) is 63.4 Å². The number of alkyl halides is 2. The molecule has 39 heavy (non-hydrogen) atoms. The molecule has 2 amide bonds. The average molecular weight is 587 g/mol. The van der Waals surface area contributed by atoms with Crippen molar-refractivity contribution >= 4 is 57.7 Å². The molecule has 2 aromatic carbocycles. The Morgan fingerprint density at radius 3 is 2.33 bits per heavy atom. The number of nitrogens with zero attached hydrogens (tertiary/aromatic N) is 2. The first-order valence-electron chi connectivity index (χ1n) is 12.4. The lowest BCUT2D eigenvalue weighted by atomic mass is 9.95. The van der Waals surface area contributed by atoms with E-state index in [1.165, 1.54) is 25.0 Å². The van der Waals surface area contributed by atoms with Gasteiger partial charge in [-0.1, -0.05) is 76.7 Å². The first kappa shape index (κ1) is 32.1. The SMILES string of the molecule is CCCC.Cn1c(Nc2c(Cl)ccc(CNC(=O)C(C)(C)C)c2Cl)nc2cc(C(N)=O)c(OCC(F)F)cc21. The van der Waals surface area contributed by atoms with E-state index in [2.05, 4.69) is 29.5 Å². The number of aryl methyl sites for hydroxylation is 1. The molecule has 3 rings (SSSR count). The van der Waals surface area contributed by atoms with Crippen LogP contribution in [-0.4, -0.2) is 34.4 Å². The largest absolute Gasteiger partial charge is 0.487 e. The number of amides is 2. The molecule has 0 spiro atoms. The van der Waals surface area contributed by atoms with E-state index in [9.17, 15) is 18.4 Å². The number of halogens is 4. The molecule has 8 nitrogen and oxygen atoms in total. The monoisotopic (exact) mass is 585 g/mol. The standard InChI is InChI=1S/C23H25Cl2F2N5O3.C4H10/c1-23(2,3)21(34)29-9-11-5-6-13(24)19(18(11)25)31-22-30-14-7-12(20(28)33)16(35-10-17(26)27)8-15(14)32(22)4;1-3-4-2/h5-8,17H,9-10H2,1-4H3,(H2,28,33)(H,29,34)(H,30,31);3-4H2,1-2H3. The number of ether oxygens (including phenoxy) is 1. The lowest BCUT2D eigenvalue weighted by Gasteiger charge is -2.19. The van der Waals surface area contributed by atoms with Crippen molar-refractivity contribution in [3.8, 4) is 5.75 Å². The molecular formula is C27H35Cl2F2N5O3. The van der Waals surface area contributed by atoms with Gasteiger partial charge in [0.1, 0.15) is 12.4 Å². The third-order valence-electron chi connectivity index (χ3n) is 5.64. The fraction of sp³-hybridized carbons (Fsp3) is 0.444. The molecule has 3 aromatic rings. The van der Waals surface area contributed by atoms with Crippen molar-refractivity contribution in [3.05, 3.63) is 45.4 Å². The molecule has 0 unspecified atom stereocenters. The summed E-state index contributed by atoms with van der Waals surface area (Å²) in [6.07, 6.45) is -0.0834. The summed E-state index contributed by atoms with van der Waals surface area (Å²) in [6, 6.07) is 6.13. The van der Waals surface area contributed by atoms with Crippen LogP contribution in [0.2, 0.25) is 10.0 Å². The Morgan fingerprint density at radius 2 is 1.79 bits per heavy atom. The van der Waals surface area contributed by atoms with E-state index in [4.69, 9.17) is 33.7 Å². The van der Waals surface area contributed by atoms with Gasteiger partial charge in [-0.05, 0) is 17.7 Å². The second-order valence-corrected chi connectivity index (χ2v) is 10.6. The van der Waals surface area contributed by atoms with E-state index in [-0.39, 0.29) is 28.8 Å². The van der Waals surface area contributed by atoms with Gasteiger partial charge < -0.3 is 25.7 Å². The quantitative estimate of drug-likeness (QED) is 0.254. The van der Waals surface area contributed by atoms with E-state index in [1.54, 1.807) is 44.5 Å². The summed E-state index contributed by atoms with van der Waals surface area (Å²) in [7, 11) is 1.67. The number of benzene rings is 2. The summed E-state index contributed by atoms with van der Waals surface area (Å²) in [4.78, 5) is 28.5. The van der Waals surface area contributed by atoms with Gasteiger partial charge >= 0.3 is 0 Å². The highest BCUT2D eigenvalue weighted by molar-refractivity contribution is 6.39. The van der Waals surface area contributed by atoms with Crippen LogP contribution < -0.4 is 21.1 Å². The van der Waals surface area contributed by atoms with Gasteiger partial charge in [-0.25, -0.2) is 13.8 Å². The van der Waals surface area contributed by atoms with Crippen LogP contribution >= 0.6 is 23.2 Å². The summed E-state index contributed by atoms with van der Waals surface area (Å²) < 4.78 is 32.0. The molecule has 12 heteroatoms. The number of hydrogen-bond donors (Lipinski definition) is 3. The Kier molecular flexibility index (Phi) is 11.4. The Bertz CT molecular complexity index is 1320. The maximum Gasteiger partial charge on any atom is 0.272 e. The molecule has 0 saturated carbocycles. The third kappa shape index (κ3) is 8.44. The van der Waals surface area contributed by atoms with Crippen molar-refractivity contribution in [3.63, 3.8) is 0 Å². The summed E-state index contributed by atoms with van der Waals surface area (Å²) in [5.41, 5.74) is 6.61. The van der Waals surface area contributed by atoms with Gasteiger partial charge in [-0.15, -0.1) is 0 Å². The molecule has 1 heterocycles. The maximum absolute atomic E-state index is 12.6. The smallest absolute Gasteiger partial charge is 0.272 e. The number of imidazole rings is 1. The Balaban J connectivity index is 0.00000124. The van der Waals surface area contributed by atoms with Crippen LogP contribution in [0.3, 0.4) is 0 Å². The van der Waals surface area contributed by atoms with Crippen LogP contribution in [0, 0.1) is 5.41 Å². The molecule has 1 aromatic heterocycles. The lowest BCUT2D eigenvalue weighted by Crippen LogP contribution is -2.34. The molecule has 214 valence electrons. The topological polar surface area (TPSA) is 111 Å². The number of fused-ring (bicyclic) bond motifs is 1. The summed E-state index contributed by atoms with van der Waals surface area (Å²) >= 11 is 13.0. The number of carbonyl (C=O) groups excluding carboxylic acids is 2. The number of primary amides is 1. The van der Waals surface area contributed by atoms with Gasteiger partial charge in [0, 0.05) is 25.1 Å². The predicted octanol–water partition coefficient (Wildman–Crippen LogP) is 6.84. The molecule has 0 bridgehead atoms. The zero-order chi connectivity index (χ0) is 29.5. The highest BCUT2D eigenvalue weighted by Gasteiger charge is 2.22. The van der Waals surface area contributed by atoms with Crippen LogP contribution in [0.4, 0.5) is 20.4 Å². The number of unbranched alkanes of at least 4 members (excludes halogenated alkanes) is 1. The van der Waals surface area contributed by atoms with Gasteiger partial charge in [-0.2, -0.15) is 0 Å². The number of aromatic nitrogens is 2. The second-order valence-electron chi connectivity index (χ2n) is 9.85. The predicted molar refractivity (Wildman–Crippen MR) is 152 cm³/mol. The second kappa shape index (κ2) is 13.8. The number of anilines is 2. The summed E-state index contributed by atoms with van der Waals surface area (Å²) in [5, 5.41) is 6.51. The van der Waals surface area contributed by atoms with Crippen LogP contribution in [-0.2, 0) is 18.4 Å². The maximum atomic E-state index is 12.6. The average Bonchev–Trinajstić information content (AvgIpc) is 3.17. The molecule has 0 aliphatic carbocycles. The van der Waals surface area contributed by atoms with Crippen molar-refractivity contribution in [1.82, 2.24) is 14.9 Å². The van der Waals surface area contributed by atoms with Crippen molar-refractivity contribution in [2.24, 2.45) is 18.2 Å². The fourth-order valence-electron chi connectivity index (χ4n) is 3.19. The minimum atomic E-state index is -2.72.